The minimum absolute atomic E-state index is 0.258. The van der Waals surface area contributed by atoms with E-state index >= 15 is 0 Å². The van der Waals surface area contributed by atoms with E-state index in [1.54, 1.807) is 12.1 Å². The summed E-state index contributed by atoms with van der Waals surface area (Å²) in [4.78, 5) is 13.5. The van der Waals surface area contributed by atoms with Gasteiger partial charge in [-0.3, -0.25) is 9.69 Å². The van der Waals surface area contributed by atoms with Gasteiger partial charge in [0.05, 0.1) is 24.1 Å². The Bertz CT molecular complexity index is 903. The van der Waals surface area contributed by atoms with E-state index in [1.807, 2.05) is 24.0 Å². The van der Waals surface area contributed by atoms with Crippen LogP contribution in [0.25, 0.3) is 0 Å². The molecule has 0 bridgehead atoms. The summed E-state index contributed by atoms with van der Waals surface area (Å²) >= 11 is 3.45. The van der Waals surface area contributed by atoms with E-state index < -0.39 is 29.7 Å². The number of rotatable bonds is 6. The molecule has 8 heteroatoms. The summed E-state index contributed by atoms with van der Waals surface area (Å²) in [7, 11) is 0. The molecule has 2 unspecified atom stereocenters. The molecule has 4 nitrogen and oxygen atoms in total. The molecule has 1 saturated heterocycles. The monoisotopic (exact) mass is 485 g/mol. The highest BCUT2D eigenvalue weighted by molar-refractivity contribution is 9.10. The van der Waals surface area contributed by atoms with Crippen LogP contribution in [0.2, 0.25) is 0 Å². The first-order valence-corrected chi connectivity index (χ1v) is 10.6. The van der Waals surface area contributed by atoms with Crippen molar-refractivity contribution in [2.75, 3.05) is 19.7 Å². The van der Waals surface area contributed by atoms with Gasteiger partial charge >= 0.3 is 12.1 Å². The third kappa shape index (κ3) is 5.16. The van der Waals surface area contributed by atoms with Gasteiger partial charge in [-0.2, -0.15) is 13.2 Å². The predicted molar refractivity (Wildman–Crippen MR) is 111 cm³/mol. The van der Waals surface area contributed by atoms with Crippen LogP contribution in [-0.4, -0.2) is 35.7 Å². The minimum Gasteiger partial charge on any atom is -0.494 e. The van der Waals surface area contributed by atoms with Gasteiger partial charge in [-0.05, 0) is 62.2 Å². The van der Waals surface area contributed by atoms with Crippen LogP contribution in [0, 0.1) is 5.92 Å². The smallest absolute Gasteiger partial charge is 0.416 e. The van der Waals surface area contributed by atoms with Crippen molar-refractivity contribution in [1.82, 2.24) is 4.90 Å². The lowest BCUT2D eigenvalue weighted by molar-refractivity contribution is -0.143. The summed E-state index contributed by atoms with van der Waals surface area (Å²) in [6, 6.07) is 10.1. The number of alkyl halides is 3. The first kappa shape index (κ1) is 22.6. The quantitative estimate of drug-likeness (QED) is 0.565. The number of benzene rings is 2. The molecule has 30 heavy (non-hydrogen) atoms. The van der Waals surface area contributed by atoms with Crippen LogP contribution in [0.3, 0.4) is 0 Å². The molecule has 0 saturated carbocycles. The van der Waals surface area contributed by atoms with Gasteiger partial charge in [-0.15, -0.1) is 0 Å². The maximum atomic E-state index is 13.4. The Hall–Kier alpha value is -2.06. The molecule has 1 fully saturated rings. The molecule has 0 amide bonds. The average molecular weight is 486 g/mol. The molecule has 1 heterocycles. The van der Waals surface area contributed by atoms with E-state index in [-0.39, 0.29) is 6.54 Å². The molecule has 162 valence electrons. The number of piperidine rings is 1. The fourth-order valence-electron chi connectivity index (χ4n) is 3.93. The summed E-state index contributed by atoms with van der Waals surface area (Å²) in [6.45, 7) is 3.09. The first-order valence-electron chi connectivity index (χ1n) is 9.77. The second kappa shape index (κ2) is 9.39. The standard InChI is InChI=1S/C22H23BrF3NO3/c1-2-30-19-9-8-17(23)12-18(19)20(27-10-4-6-15(13-27)21(28)29)14-5-3-7-16(11-14)22(24,25)26/h3,5,7-9,11-12,15,20H,2,4,6,10,13H2,1H3,(H,28,29). The molecule has 3 rings (SSSR count). The number of likely N-dealkylation sites (tertiary alicyclic amines) is 1. The van der Waals surface area contributed by atoms with Crippen molar-refractivity contribution in [3.05, 3.63) is 63.6 Å². The number of nitrogens with zero attached hydrogens (tertiary/aromatic N) is 1. The summed E-state index contributed by atoms with van der Waals surface area (Å²) in [5.41, 5.74) is 0.427. The van der Waals surface area contributed by atoms with Crippen LogP contribution in [-0.2, 0) is 11.0 Å². The molecule has 1 aliphatic heterocycles. The van der Waals surface area contributed by atoms with Crippen molar-refractivity contribution in [2.45, 2.75) is 32.0 Å². The average Bonchev–Trinajstić information content (AvgIpc) is 2.70. The van der Waals surface area contributed by atoms with Crippen LogP contribution in [0.5, 0.6) is 5.75 Å². The first-order chi connectivity index (χ1) is 14.2. The minimum atomic E-state index is -4.47. The lowest BCUT2D eigenvalue weighted by atomic mass is 9.90. The molecule has 0 radical (unpaired) electrons. The Morgan fingerprint density at radius 1 is 1.30 bits per heavy atom. The summed E-state index contributed by atoms with van der Waals surface area (Å²) in [5, 5.41) is 9.51. The molecule has 2 atom stereocenters. The topological polar surface area (TPSA) is 49.8 Å². The number of aliphatic carboxylic acids is 1. The molecule has 0 aliphatic carbocycles. The molecule has 1 aliphatic rings. The SMILES string of the molecule is CCOc1ccc(Br)cc1C(c1cccc(C(F)(F)F)c1)N1CCCC(C(=O)O)C1. The molecule has 2 aromatic rings. The summed E-state index contributed by atoms with van der Waals surface area (Å²) < 4.78 is 46.7. The van der Waals surface area contributed by atoms with E-state index in [1.165, 1.54) is 6.07 Å². The number of ether oxygens (including phenoxy) is 1. The Morgan fingerprint density at radius 2 is 2.07 bits per heavy atom. The lowest BCUT2D eigenvalue weighted by Gasteiger charge is -2.38. The van der Waals surface area contributed by atoms with Crippen LogP contribution in [0.15, 0.2) is 46.9 Å². The van der Waals surface area contributed by atoms with Gasteiger partial charge in [0.25, 0.3) is 0 Å². The molecular weight excluding hydrogens is 463 g/mol. The van der Waals surface area contributed by atoms with Gasteiger partial charge in [0.1, 0.15) is 5.75 Å². The summed E-state index contributed by atoms with van der Waals surface area (Å²) in [5.74, 6) is -0.878. The highest BCUT2D eigenvalue weighted by atomic mass is 79.9. The van der Waals surface area contributed by atoms with Gasteiger partial charge < -0.3 is 9.84 Å². The van der Waals surface area contributed by atoms with E-state index in [9.17, 15) is 23.1 Å². The van der Waals surface area contributed by atoms with E-state index in [4.69, 9.17) is 4.74 Å². The van der Waals surface area contributed by atoms with Crippen molar-refractivity contribution < 1.29 is 27.8 Å². The lowest BCUT2D eigenvalue weighted by Crippen LogP contribution is -2.41. The fourth-order valence-corrected chi connectivity index (χ4v) is 4.31. The number of hydrogen-bond acceptors (Lipinski definition) is 3. The molecule has 1 N–H and O–H groups in total. The largest absolute Gasteiger partial charge is 0.494 e. The van der Waals surface area contributed by atoms with Gasteiger partial charge in [0.2, 0.25) is 0 Å². The van der Waals surface area contributed by atoms with Gasteiger partial charge in [-0.1, -0.05) is 28.1 Å². The maximum absolute atomic E-state index is 13.4. The number of hydrogen-bond donors (Lipinski definition) is 1. The Balaban J connectivity index is 2.13. The van der Waals surface area contributed by atoms with Gasteiger partial charge in [0.15, 0.2) is 0 Å². The van der Waals surface area contributed by atoms with Gasteiger partial charge in [-0.25, -0.2) is 0 Å². The molecule has 2 aromatic carbocycles. The normalized spacial score (nSPS) is 18.8. The van der Waals surface area contributed by atoms with Crippen LogP contribution in [0.4, 0.5) is 13.2 Å². The summed E-state index contributed by atoms with van der Waals surface area (Å²) in [6.07, 6.45) is -3.26. The third-order valence-electron chi connectivity index (χ3n) is 5.26. The maximum Gasteiger partial charge on any atom is 0.416 e. The van der Waals surface area contributed by atoms with Crippen molar-refractivity contribution in [3.8, 4) is 5.75 Å². The number of carboxylic acids is 1. The van der Waals surface area contributed by atoms with Crippen LogP contribution in [0.1, 0.15) is 42.5 Å². The Labute approximate surface area is 181 Å². The fraction of sp³-hybridized carbons (Fsp3) is 0.409. The zero-order valence-electron chi connectivity index (χ0n) is 16.5. The van der Waals surface area contributed by atoms with Gasteiger partial charge in [0, 0.05) is 16.6 Å². The van der Waals surface area contributed by atoms with Crippen LogP contribution >= 0.6 is 15.9 Å². The van der Waals surface area contributed by atoms with Crippen molar-refractivity contribution >= 4 is 21.9 Å². The second-order valence-electron chi connectivity index (χ2n) is 7.31. The zero-order valence-corrected chi connectivity index (χ0v) is 18.0. The van der Waals surface area contributed by atoms with Crippen molar-refractivity contribution in [2.24, 2.45) is 5.92 Å². The molecule has 0 spiro atoms. The van der Waals surface area contributed by atoms with Crippen molar-refractivity contribution in [1.29, 1.82) is 0 Å². The predicted octanol–water partition coefficient (Wildman–Crippen LogP) is 5.75. The second-order valence-corrected chi connectivity index (χ2v) is 8.23. The van der Waals surface area contributed by atoms with E-state index in [0.29, 0.717) is 42.9 Å². The molecule has 0 aromatic heterocycles. The molecular formula is C22H23BrF3NO3. The number of carbonyl (C=O) groups is 1. The highest BCUT2D eigenvalue weighted by Gasteiger charge is 2.35. The van der Waals surface area contributed by atoms with E-state index in [0.717, 1.165) is 16.6 Å². The third-order valence-corrected chi connectivity index (χ3v) is 5.76. The Kier molecular flexibility index (Phi) is 7.08. The number of carboxylic acid groups (broad SMARTS) is 1. The van der Waals surface area contributed by atoms with E-state index in [2.05, 4.69) is 15.9 Å². The van der Waals surface area contributed by atoms with Crippen LogP contribution < -0.4 is 4.74 Å². The van der Waals surface area contributed by atoms with Crippen molar-refractivity contribution in [3.63, 3.8) is 0 Å². The zero-order chi connectivity index (χ0) is 21.9. The Morgan fingerprint density at radius 3 is 2.73 bits per heavy atom. The number of halogens is 4. The highest BCUT2D eigenvalue weighted by Crippen LogP contribution is 2.40.